The standard InChI is InChI=1S/C12H19N3/c1-10-3-2-4-12(7-10)15-6-5-14-11(8-13)9-15/h2-4,7,11,14H,5-6,8-9,13H2,1H3. The van der Waals surface area contributed by atoms with Crippen molar-refractivity contribution >= 4 is 5.69 Å². The van der Waals surface area contributed by atoms with Crippen molar-refractivity contribution in [1.82, 2.24) is 5.32 Å². The number of benzene rings is 1. The van der Waals surface area contributed by atoms with Gasteiger partial charge in [0.2, 0.25) is 0 Å². The van der Waals surface area contributed by atoms with Crippen molar-refractivity contribution in [3.63, 3.8) is 0 Å². The van der Waals surface area contributed by atoms with Crippen LogP contribution in [0.5, 0.6) is 0 Å². The van der Waals surface area contributed by atoms with Gasteiger partial charge in [-0.15, -0.1) is 0 Å². The van der Waals surface area contributed by atoms with E-state index in [1.54, 1.807) is 0 Å². The minimum absolute atomic E-state index is 0.430. The van der Waals surface area contributed by atoms with Gasteiger partial charge in [0.05, 0.1) is 0 Å². The third kappa shape index (κ3) is 2.49. The minimum atomic E-state index is 0.430. The van der Waals surface area contributed by atoms with E-state index in [0.29, 0.717) is 12.6 Å². The average Bonchev–Trinajstić information content (AvgIpc) is 2.29. The first kappa shape index (κ1) is 10.5. The molecule has 0 radical (unpaired) electrons. The lowest BCUT2D eigenvalue weighted by molar-refractivity contribution is 0.463. The number of anilines is 1. The van der Waals surface area contributed by atoms with Gasteiger partial charge in [0, 0.05) is 37.9 Å². The molecule has 1 aliphatic rings. The summed E-state index contributed by atoms with van der Waals surface area (Å²) >= 11 is 0. The van der Waals surface area contributed by atoms with Crippen molar-refractivity contribution < 1.29 is 0 Å². The molecule has 1 aromatic carbocycles. The molecule has 15 heavy (non-hydrogen) atoms. The number of nitrogens with zero attached hydrogens (tertiary/aromatic N) is 1. The lowest BCUT2D eigenvalue weighted by Gasteiger charge is -2.34. The summed E-state index contributed by atoms with van der Waals surface area (Å²) in [6.07, 6.45) is 0. The van der Waals surface area contributed by atoms with Crippen LogP contribution in [0.15, 0.2) is 24.3 Å². The predicted octanol–water partition coefficient (Wildman–Crippen LogP) is 0.732. The molecule has 0 amide bonds. The number of aryl methyl sites for hydroxylation is 1. The van der Waals surface area contributed by atoms with E-state index in [2.05, 4.69) is 41.4 Å². The van der Waals surface area contributed by atoms with Gasteiger partial charge < -0.3 is 16.0 Å². The molecule has 0 aromatic heterocycles. The molecule has 3 N–H and O–H groups in total. The normalized spacial score (nSPS) is 21.7. The second kappa shape index (κ2) is 4.64. The van der Waals surface area contributed by atoms with E-state index in [1.165, 1.54) is 11.3 Å². The van der Waals surface area contributed by atoms with Gasteiger partial charge in [-0.2, -0.15) is 0 Å². The van der Waals surface area contributed by atoms with Crippen LogP contribution in [0.2, 0.25) is 0 Å². The fourth-order valence-electron chi connectivity index (χ4n) is 2.04. The summed E-state index contributed by atoms with van der Waals surface area (Å²) in [5.41, 5.74) is 8.31. The zero-order valence-corrected chi connectivity index (χ0v) is 9.24. The molecular formula is C12H19N3. The lowest BCUT2D eigenvalue weighted by Crippen LogP contribution is -2.53. The SMILES string of the molecule is Cc1cccc(N2CCNC(CN)C2)c1. The van der Waals surface area contributed by atoms with Crippen LogP contribution in [-0.2, 0) is 0 Å². The van der Waals surface area contributed by atoms with Crippen LogP contribution in [0, 0.1) is 6.92 Å². The fraction of sp³-hybridized carbons (Fsp3) is 0.500. The molecule has 2 rings (SSSR count). The van der Waals surface area contributed by atoms with Crippen LogP contribution in [0.25, 0.3) is 0 Å². The van der Waals surface area contributed by atoms with Gasteiger partial charge >= 0.3 is 0 Å². The number of hydrogen-bond acceptors (Lipinski definition) is 3. The third-order valence-corrected chi connectivity index (χ3v) is 2.91. The van der Waals surface area contributed by atoms with Crippen molar-refractivity contribution in [2.75, 3.05) is 31.1 Å². The Morgan fingerprint density at radius 3 is 3.13 bits per heavy atom. The van der Waals surface area contributed by atoms with Crippen LogP contribution in [0.4, 0.5) is 5.69 Å². The number of nitrogens with one attached hydrogen (secondary N) is 1. The number of nitrogens with two attached hydrogens (primary N) is 1. The maximum atomic E-state index is 5.68. The molecule has 0 spiro atoms. The summed E-state index contributed by atoms with van der Waals surface area (Å²) in [4.78, 5) is 2.40. The number of piperazine rings is 1. The average molecular weight is 205 g/mol. The Bertz CT molecular complexity index is 324. The Morgan fingerprint density at radius 1 is 1.53 bits per heavy atom. The van der Waals surface area contributed by atoms with Crippen LogP contribution < -0.4 is 16.0 Å². The van der Waals surface area contributed by atoms with Gasteiger partial charge in [-0.3, -0.25) is 0 Å². The highest BCUT2D eigenvalue weighted by molar-refractivity contribution is 5.49. The molecule has 0 saturated carbocycles. The molecule has 1 heterocycles. The third-order valence-electron chi connectivity index (χ3n) is 2.91. The summed E-state index contributed by atoms with van der Waals surface area (Å²) in [6, 6.07) is 9.08. The molecular weight excluding hydrogens is 186 g/mol. The van der Waals surface area contributed by atoms with Gasteiger partial charge in [-0.05, 0) is 24.6 Å². The van der Waals surface area contributed by atoms with Crippen molar-refractivity contribution in [3.8, 4) is 0 Å². The molecule has 0 bridgehead atoms. The Kier molecular flexibility index (Phi) is 3.23. The largest absolute Gasteiger partial charge is 0.369 e. The summed E-state index contributed by atoms with van der Waals surface area (Å²) in [5.74, 6) is 0. The molecule has 3 nitrogen and oxygen atoms in total. The van der Waals surface area contributed by atoms with Gasteiger partial charge in [0.15, 0.2) is 0 Å². The van der Waals surface area contributed by atoms with Crippen molar-refractivity contribution in [3.05, 3.63) is 29.8 Å². The summed E-state index contributed by atoms with van der Waals surface area (Å²) in [5, 5.41) is 3.42. The Labute approximate surface area is 91.3 Å². The molecule has 3 heteroatoms. The predicted molar refractivity (Wildman–Crippen MR) is 64.2 cm³/mol. The zero-order chi connectivity index (χ0) is 10.7. The van der Waals surface area contributed by atoms with Crippen molar-refractivity contribution in [2.24, 2.45) is 5.73 Å². The molecule has 1 atom stereocenters. The van der Waals surface area contributed by atoms with Gasteiger partial charge in [0.1, 0.15) is 0 Å². The highest BCUT2D eigenvalue weighted by Crippen LogP contribution is 2.17. The van der Waals surface area contributed by atoms with Crippen molar-refractivity contribution in [2.45, 2.75) is 13.0 Å². The fourth-order valence-corrected chi connectivity index (χ4v) is 2.04. The van der Waals surface area contributed by atoms with E-state index < -0.39 is 0 Å². The molecule has 1 fully saturated rings. The summed E-state index contributed by atoms with van der Waals surface area (Å²) < 4.78 is 0. The van der Waals surface area contributed by atoms with Crippen LogP contribution >= 0.6 is 0 Å². The summed E-state index contributed by atoms with van der Waals surface area (Å²) in [7, 11) is 0. The van der Waals surface area contributed by atoms with E-state index in [-0.39, 0.29) is 0 Å². The first-order valence-corrected chi connectivity index (χ1v) is 5.54. The molecule has 1 aliphatic heterocycles. The monoisotopic (exact) mass is 205 g/mol. The first-order chi connectivity index (χ1) is 7.29. The van der Waals surface area contributed by atoms with Crippen LogP contribution in [0.1, 0.15) is 5.56 Å². The van der Waals surface area contributed by atoms with Crippen LogP contribution in [-0.4, -0.2) is 32.2 Å². The van der Waals surface area contributed by atoms with E-state index >= 15 is 0 Å². The quantitative estimate of drug-likeness (QED) is 0.748. The van der Waals surface area contributed by atoms with Crippen molar-refractivity contribution in [1.29, 1.82) is 0 Å². The zero-order valence-electron chi connectivity index (χ0n) is 9.24. The Balaban J connectivity index is 2.09. The maximum absolute atomic E-state index is 5.68. The summed E-state index contributed by atoms with van der Waals surface area (Å²) in [6.45, 7) is 5.95. The minimum Gasteiger partial charge on any atom is -0.369 e. The molecule has 1 aromatic rings. The van der Waals surface area contributed by atoms with E-state index in [1.807, 2.05) is 0 Å². The smallest absolute Gasteiger partial charge is 0.0369 e. The van der Waals surface area contributed by atoms with E-state index in [0.717, 1.165) is 19.6 Å². The van der Waals surface area contributed by atoms with Gasteiger partial charge in [-0.1, -0.05) is 12.1 Å². The maximum Gasteiger partial charge on any atom is 0.0369 e. The van der Waals surface area contributed by atoms with E-state index in [4.69, 9.17) is 5.73 Å². The topological polar surface area (TPSA) is 41.3 Å². The number of rotatable bonds is 2. The first-order valence-electron chi connectivity index (χ1n) is 5.54. The molecule has 1 unspecified atom stereocenters. The molecule has 1 saturated heterocycles. The second-order valence-corrected chi connectivity index (χ2v) is 4.17. The molecule has 82 valence electrons. The number of hydrogen-bond donors (Lipinski definition) is 2. The second-order valence-electron chi connectivity index (χ2n) is 4.17. The Morgan fingerprint density at radius 2 is 2.40 bits per heavy atom. The highest BCUT2D eigenvalue weighted by atomic mass is 15.2. The molecule has 0 aliphatic carbocycles. The Hall–Kier alpha value is -1.06. The van der Waals surface area contributed by atoms with Crippen LogP contribution in [0.3, 0.4) is 0 Å². The van der Waals surface area contributed by atoms with Gasteiger partial charge in [0.25, 0.3) is 0 Å². The highest BCUT2D eigenvalue weighted by Gasteiger charge is 2.17. The van der Waals surface area contributed by atoms with Gasteiger partial charge in [-0.25, -0.2) is 0 Å². The van der Waals surface area contributed by atoms with E-state index in [9.17, 15) is 0 Å². The lowest BCUT2D eigenvalue weighted by atomic mass is 10.1.